The summed E-state index contributed by atoms with van der Waals surface area (Å²) in [6, 6.07) is 0. The first kappa shape index (κ1) is 26.3. The van der Waals surface area contributed by atoms with Crippen LogP contribution in [0.5, 0.6) is 0 Å². The van der Waals surface area contributed by atoms with E-state index in [2.05, 4.69) is 0 Å². The Bertz CT molecular complexity index is 8.00. The molecule has 0 aliphatic rings. The molecule has 4 heteroatoms. The van der Waals surface area contributed by atoms with Crippen molar-refractivity contribution in [1.29, 1.82) is 0 Å². The average Bonchev–Trinajstić information content (AvgIpc) is 0. The molecule has 0 amide bonds. The average molecular weight is 270 g/mol. The zero-order valence-electron chi connectivity index (χ0n) is 2.49. The van der Waals surface area contributed by atoms with E-state index in [0.717, 1.165) is 0 Å². The monoisotopic (exact) mass is 267 g/mol. The van der Waals surface area contributed by atoms with Gasteiger partial charge in [-0.2, -0.15) is 0 Å². The summed E-state index contributed by atoms with van der Waals surface area (Å²) in [5, 5.41) is 0. The van der Waals surface area contributed by atoms with Gasteiger partial charge in [0.15, 0.2) is 0 Å². The van der Waals surface area contributed by atoms with Crippen molar-refractivity contribution in [3.05, 3.63) is 0 Å². The molecule has 4 heavy (non-hydrogen) atoms. The molecule has 0 aromatic rings. The third kappa shape index (κ3) is 9.03. The van der Waals surface area contributed by atoms with Gasteiger partial charge in [-0.15, -0.1) is 0 Å². The third-order valence-corrected chi connectivity index (χ3v) is 0. The van der Waals surface area contributed by atoms with Crippen molar-refractivity contribution in [1.82, 2.24) is 0 Å². The minimum Gasteiger partial charge on any atom is 0 e. The molecule has 0 heterocycles. The van der Waals surface area contributed by atoms with Gasteiger partial charge in [-0.25, -0.2) is 0 Å². The molecule has 0 nitrogen and oxygen atoms in total. The summed E-state index contributed by atoms with van der Waals surface area (Å²) < 4.78 is 0. The molecular weight excluding hydrogens is 270 g/mol. The Labute approximate surface area is 99.2 Å². The van der Waals surface area contributed by atoms with Crippen molar-refractivity contribution in [3.63, 3.8) is 0 Å². The van der Waals surface area contributed by atoms with Crippen molar-refractivity contribution in [3.8, 4) is 0 Å². The molecule has 0 aliphatic heterocycles. The van der Waals surface area contributed by atoms with Crippen molar-refractivity contribution >= 4 is 23.1 Å². The Morgan fingerprint density at radius 1 is 1.00 bits per heavy atom. The Morgan fingerprint density at radius 3 is 1.00 bits per heavy atom. The molecule has 0 aromatic carbocycles. The largest absolute Gasteiger partial charge is 0 e. The molecule has 0 spiro atoms. The van der Waals surface area contributed by atoms with Crippen LogP contribution in [0.25, 0.3) is 0 Å². The summed E-state index contributed by atoms with van der Waals surface area (Å²) in [4.78, 5) is 0. The molecule has 3 radical (unpaired) electrons. The normalized spacial score (nSPS) is 0. The Hall–Kier alpha value is 3.38. The van der Waals surface area contributed by atoms with E-state index in [1.807, 2.05) is 0 Å². The van der Waals surface area contributed by atoms with Crippen LogP contribution in [0.1, 0.15) is 0 Å². The van der Waals surface area contributed by atoms with Gasteiger partial charge in [0.1, 0.15) is 0 Å². The molecule has 0 atom stereocenters. The van der Waals surface area contributed by atoms with Gasteiger partial charge in [0.05, 0.1) is 0 Å². The van der Waals surface area contributed by atoms with Gasteiger partial charge >= 0.3 is 0 Å². The van der Waals surface area contributed by atoms with Crippen LogP contribution in [0.3, 0.4) is 0 Å². The topological polar surface area (TPSA) is 0 Å². The quantitative estimate of drug-likeness (QED) is 0.526. The zero-order chi connectivity index (χ0) is 0. The third-order valence-electron chi connectivity index (χ3n) is 0. The molecule has 0 aromatic heterocycles. The first-order valence-electron chi connectivity index (χ1n) is 0. The predicted molar refractivity (Wildman–Crippen MR) is 5.75 cm³/mol. The fourth-order valence-corrected chi connectivity index (χ4v) is 0. The maximum absolute atomic E-state index is 0. The summed E-state index contributed by atoms with van der Waals surface area (Å²) in [5.41, 5.74) is 0. The van der Waals surface area contributed by atoms with E-state index >= 15 is 0 Å². The fourth-order valence-electron chi connectivity index (χ4n) is 0. The Balaban J connectivity index is 0. The minimum absolute atomic E-state index is 0. The molecule has 0 N–H and O–H groups in total. The summed E-state index contributed by atoms with van der Waals surface area (Å²) in [6.07, 6.45) is 0. The second kappa shape index (κ2) is 16.2. The van der Waals surface area contributed by atoms with Gasteiger partial charge in [0.2, 0.25) is 0 Å². The second-order valence-corrected chi connectivity index (χ2v) is 0. The van der Waals surface area contributed by atoms with E-state index in [4.69, 9.17) is 0 Å². The van der Waals surface area contributed by atoms with Gasteiger partial charge in [-0.1, -0.05) is 0 Å². The minimum atomic E-state index is 0. The molecule has 0 saturated heterocycles. The van der Waals surface area contributed by atoms with Crippen LogP contribution in [0.15, 0.2) is 0 Å². The van der Waals surface area contributed by atoms with Gasteiger partial charge in [0.25, 0.3) is 0 Å². The molecule has 0 unspecified atom stereocenters. The summed E-state index contributed by atoms with van der Waals surface area (Å²) in [6.45, 7) is 0. The Kier molecular flexibility index (Phi) is 106. The van der Waals surface area contributed by atoms with E-state index in [-0.39, 0.29) is 101 Å². The summed E-state index contributed by atoms with van der Waals surface area (Å²) in [7, 11) is 0. The Morgan fingerprint density at radius 2 is 1.00 bits per heavy atom. The smallest absolute Gasteiger partial charge is 0 e. The van der Waals surface area contributed by atoms with Crippen LogP contribution in [0.4, 0.5) is 0 Å². The molecule has 11 valence electrons. The van der Waals surface area contributed by atoms with Crippen molar-refractivity contribution in [2.75, 3.05) is 0 Å². The summed E-state index contributed by atoms with van der Waals surface area (Å²) in [5.74, 6) is 0. The van der Waals surface area contributed by atoms with Gasteiger partial charge in [0, 0.05) is 101 Å². The van der Waals surface area contributed by atoms with E-state index < -0.39 is 0 Å². The second-order valence-electron chi connectivity index (χ2n) is 0. The van der Waals surface area contributed by atoms with Crippen molar-refractivity contribution in [2.45, 2.75) is 0 Å². The molecule has 0 aliphatic carbocycles. The van der Waals surface area contributed by atoms with Gasteiger partial charge in [-0.3, -0.25) is 0 Å². The maximum atomic E-state index is 0. The molecule has 0 rings (SSSR count). The van der Waals surface area contributed by atoms with E-state index in [0.29, 0.717) is 0 Å². The van der Waals surface area contributed by atoms with Crippen LogP contribution in [-0.4, -0.2) is 23.1 Å². The van der Waals surface area contributed by atoms with Crippen LogP contribution >= 0.6 is 0 Å². The summed E-state index contributed by atoms with van der Waals surface area (Å²) >= 11 is 0. The van der Waals surface area contributed by atoms with E-state index in [1.54, 1.807) is 0 Å². The SMILES string of the molecule is [Mg].[Y].[Zn].[Zr]. The molecule has 0 fully saturated rings. The van der Waals surface area contributed by atoms with Crippen LogP contribution in [-0.2, 0) is 78.4 Å². The van der Waals surface area contributed by atoms with Crippen molar-refractivity contribution < 1.29 is 78.4 Å². The van der Waals surface area contributed by atoms with Crippen molar-refractivity contribution in [2.24, 2.45) is 0 Å². The standard InChI is InChI=1S/Mg.Y.Zn.Zr. The first-order valence-corrected chi connectivity index (χ1v) is 0. The zero-order valence-corrected chi connectivity index (χ0v) is 12.2. The maximum Gasteiger partial charge on any atom is 0 e. The first-order chi connectivity index (χ1) is 0. The number of hydrogen-bond acceptors (Lipinski definition) is 0. The predicted octanol–water partition coefficient (Wildman–Crippen LogP) is -0.388. The van der Waals surface area contributed by atoms with E-state index in [1.165, 1.54) is 0 Å². The number of hydrogen-bond donors (Lipinski definition) is 0. The van der Waals surface area contributed by atoms with E-state index in [9.17, 15) is 0 Å². The van der Waals surface area contributed by atoms with Gasteiger partial charge in [-0.05, 0) is 0 Å². The fraction of sp³-hybridized carbons (Fsp3) is 0. The molecular formula is MgYZnZr. The molecule has 0 saturated carbocycles. The van der Waals surface area contributed by atoms with Crippen LogP contribution < -0.4 is 0 Å². The van der Waals surface area contributed by atoms with Crippen LogP contribution in [0, 0.1) is 0 Å². The number of rotatable bonds is 0. The van der Waals surface area contributed by atoms with Gasteiger partial charge < -0.3 is 0 Å². The van der Waals surface area contributed by atoms with Crippen LogP contribution in [0.2, 0.25) is 0 Å². The molecule has 0 bridgehead atoms.